The summed E-state index contributed by atoms with van der Waals surface area (Å²) in [5.74, 6) is 0. The van der Waals surface area contributed by atoms with Crippen LogP contribution in [0.5, 0.6) is 0 Å². The number of hydrogen-bond donors (Lipinski definition) is 2. The van der Waals surface area contributed by atoms with E-state index in [0.717, 1.165) is 19.4 Å². The average Bonchev–Trinajstić information content (AvgIpc) is 2.47. The summed E-state index contributed by atoms with van der Waals surface area (Å²) in [4.78, 5) is 4.65. The Hall–Kier alpha value is -0.590. The minimum atomic E-state index is 0.0216. The highest BCUT2D eigenvalue weighted by Crippen LogP contribution is 2.27. The molecule has 4 atom stereocenters. The van der Waals surface area contributed by atoms with Crippen molar-refractivity contribution in [2.24, 2.45) is 10.1 Å². The van der Waals surface area contributed by atoms with E-state index >= 15 is 0 Å². The molecule has 5 nitrogen and oxygen atoms in total. The largest absolute Gasteiger partial charge is 0.411 e. The van der Waals surface area contributed by atoms with Gasteiger partial charge in [0.15, 0.2) is 0 Å². The molecule has 2 aliphatic heterocycles. The third-order valence-corrected chi connectivity index (χ3v) is 5.08. The second-order valence-corrected chi connectivity index (χ2v) is 6.07. The first-order valence-corrected chi connectivity index (χ1v) is 8.11. The Balaban J connectivity index is 2.12. The first kappa shape index (κ1) is 14.8. The van der Waals surface area contributed by atoms with Crippen LogP contribution in [0.25, 0.3) is 0 Å². The zero-order chi connectivity index (χ0) is 13.7. The van der Waals surface area contributed by atoms with Gasteiger partial charge >= 0.3 is 0 Å². The van der Waals surface area contributed by atoms with E-state index in [1.54, 1.807) is 25.1 Å². The zero-order valence-electron chi connectivity index (χ0n) is 11.6. The molecular weight excluding hydrogens is 262 g/mol. The molecule has 108 valence electrons. The molecule has 0 aromatic heterocycles. The fraction of sp³-hybridized carbons (Fsp3) is 0.846. The van der Waals surface area contributed by atoms with Crippen LogP contribution in [0.1, 0.15) is 25.7 Å². The molecule has 2 aliphatic rings. The van der Waals surface area contributed by atoms with E-state index in [1.165, 1.54) is 18.6 Å². The average molecular weight is 285 g/mol. The lowest BCUT2D eigenvalue weighted by Crippen LogP contribution is -2.59. The molecule has 2 rings (SSSR count). The molecule has 6 heteroatoms. The van der Waals surface area contributed by atoms with Gasteiger partial charge in [0.25, 0.3) is 0 Å². The van der Waals surface area contributed by atoms with Crippen LogP contribution in [0.15, 0.2) is 10.1 Å². The molecular formula is C13H23N3O2S. The van der Waals surface area contributed by atoms with Crippen LogP contribution in [0.3, 0.4) is 0 Å². The predicted molar refractivity (Wildman–Crippen MR) is 79.9 cm³/mol. The monoisotopic (exact) mass is 285 g/mol. The minimum absolute atomic E-state index is 0.0216. The van der Waals surface area contributed by atoms with Crippen LogP contribution in [-0.2, 0) is 4.74 Å². The predicted octanol–water partition coefficient (Wildman–Crippen LogP) is 1.55. The smallest absolute Gasteiger partial charge is 0.0727 e. The molecule has 0 spiro atoms. The van der Waals surface area contributed by atoms with Crippen molar-refractivity contribution < 1.29 is 9.94 Å². The first-order valence-electron chi connectivity index (χ1n) is 6.82. The summed E-state index contributed by atoms with van der Waals surface area (Å²) >= 11 is 1.75. The van der Waals surface area contributed by atoms with Gasteiger partial charge in [-0.25, -0.2) is 0 Å². The lowest BCUT2D eigenvalue weighted by molar-refractivity contribution is 0.0693. The molecule has 0 amide bonds. The Kier molecular flexibility index (Phi) is 5.66. The maximum Gasteiger partial charge on any atom is 0.0727 e. The van der Waals surface area contributed by atoms with Gasteiger partial charge < -0.3 is 9.94 Å². The lowest BCUT2D eigenvalue weighted by atomic mass is 9.90. The molecule has 4 unspecified atom stereocenters. The number of nitrogens with one attached hydrogen (secondary N) is 1. The number of methoxy groups -OCH3 is 1. The Morgan fingerprint density at radius 3 is 2.95 bits per heavy atom. The third kappa shape index (κ3) is 3.49. The van der Waals surface area contributed by atoms with Crippen LogP contribution in [-0.4, -0.2) is 60.5 Å². The van der Waals surface area contributed by atoms with Crippen molar-refractivity contribution in [1.29, 1.82) is 0 Å². The highest BCUT2D eigenvalue weighted by Gasteiger charge is 2.38. The second kappa shape index (κ2) is 7.26. The number of oxime groups is 1. The van der Waals surface area contributed by atoms with Crippen LogP contribution in [0.4, 0.5) is 0 Å². The van der Waals surface area contributed by atoms with Gasteiger partial charge in [-0.2, -0.15) is 11.8 Å². The standard InChI is InChI=1S/C13H23N3O2S/c1-18-12-7-10(9-5-3-4-6-14-9)16-11(8-15-17)13(12)19-2/h8,10-13,16-17H,3-7H2,1-2H3/b15-8+. The first-order chi connectivity index (χ1) is 9.30. The van der Waals surface area contributed by atoms with Crippen molar-refractivity contribution in [2.45, 2.75) is 49.1 Å². The van der Waals surface area contributed by atoms with Gasteiger partial charge in [0.05, 0.1) is 23.6 Å². The third-order valence-electron chi connectivity index (χ3n) is 3.94. The number of nitrogens with zero attached hydrogens (tertiary/aromatic N) is 2. The minimum Gasteiger partial charge on any atom is -0.411 e. The quantitative estimate of drug-likeness (QED) is 0.467. The fourth-order valence-electron chi connectivity index (χ4n) is 2.96. The summed E-state index contributed by atoms with van der Waals surface area (Å²) < 4.78 is 5.63. The van der Waals surface area contributed by atoms with Gasteiger partial charge in [-0.1, -0.05) is 0 Å². The lowest BCUT2D eigenvalue weighted by Gasteiger charge is -2.40. The normalized spacial score (nSPS) is 36.4. The summed E-state index contributed by atoms with van der Waals surface area (Å²) in [6, 6.07) is 0.268. The number of aliphatic imine (C=N–C) groups is 1. The molecule has 0 saturated carbocycles. The van der Waals surface area contributed by atoms with E-state index in [2.05, 4.69) is 21.7 Å². The van der Waals surface area contributed by atoms with Gasteiger partial charge in [0, 0.05) is 25.4 Å². The number of hydrogen-bond acceptors (Lipinski definition) is 6. The summed E-state index contributed by atoms with van der Waals surface area (Å²) in [5.41, 5.74) is 1.25. The van der Waals surface area contributed by atoms with Crippen molar-refractivity contribution in [3.05, 3.63) is 0 Å². The van der Waals surface area contributed by atoms with Crippen molar-refractivity contribution >= 4 is 23.7 Å². The molecule has 0 aromatic rings. The summed E-state index contributed by atoms with van der Waals surface area (Å²) in [6.45, 7) is 0.940. The number of rotatable bonds is 4. The van der Waals surface area contributed by atoms with E-state index in [0.29, 0.717) is 0 Å². The van der Waals surface area contributed by atoms with Gasteiger partial charge in [0.1, 0.15) is 0 Å². The molecule has 19 heavy (non-hydrogen) atoms. The SMILES string of the molecule is COC1CC(C2=NCCCC2)NC(/C=N/O)C1SC. The van der Waals surface area contributed by atoms with Crippen LogP contribution < -0.4 is 5.32 Å². The number of thioether (sulfide) groups is 1. The van der Waals surface area contributed by atoms with Crippen molar-refractivity contribution in [2.75, 3.05) is 19.9 Å². The van der Waals surface area contributed by atoms with Crippen molar-refractivity contribution in [3.63, 3.8) is 0 Å². The van der Waals surface area contributed by atoms with Crippen LogP contribution >= 0.6 is 11.8 Å². The summed E-state index contributed by atoms with van der Waals surface area (Å²) in [6.07, 6.45) is 8.22. The molecule has 0 aliphatic carbocycles. The molecule has 2 heterocycles. The molecule has 0 bridgehead atoms. The van der Waals surface area contributed by atoms with E-state index in [1.807, 2.05) is 0 Å². The number of ether oxygens (including phenoxy) is 1. The van der Waals surface area contributed by atoms with Crippen molar-refractivity contribution in [3.8, 4) is 0 Å². The Labute approximate surface area is 118 Å². The second-order valence-electron chi connectivity index (χ2n) is 5.05. The highest BCUT2D eigenvalue weighted by atomic mass is 32.2. The van der Waals surface area contributed by atoms with Crippen molar-refractivity contribution in [1.82, 2.24) is 5.32 Å². The Bertz CT molecular complexity index is 349. The van der Waals surface area contributed by atoms with E-state index in [9.17, 15) is 0 Å². The maximum atomic E-state index is 8.84. The summed E-state index contributed by atoms with van der Waals surface area (Å²) in [7, 11) is 1.76. The zero-order valence-corrected chi connectivity index (χ0v) is 12.4. The van der Waals surface area contributed by atoms with Gasteiger partial charge in [-0.3, -0.25) is 10.3 Å². The Morgan fingerprint density at radius 2 is 2.37 bits per heavy atom. The van der Waals surface area contributed by atoms with Crippen LogP contribution in [0, 0.1) is 0 Å². The fourth-order valence-corrected chi connectivity index (χ4v) is 3.93. The van der Waals surface area contributed by atoms with Gasteiger partial charge in [-0.15, -0.1) is 5.16 Å². The molecule has 2 N–H and O–H groups in total. The van der Waals surface area contributed by atoms with Crippen LogP contribution in [0.2, 0.25) is 0 Å². The van der Waals surface area contributed by atoms with E-state index in [-0.39, 0.29) is 23.4 Å². The van der Waals surface area contributed by atoms with E-state index < -0.39 is 0 Å². The molecule has 1 saturated heterocycles. The molecule has 0 aromatic carbocycles. The summed E-state index contributed by atoms with van der Waals surface area (Å²) in [5, 5.41) is 15.9. The Morgan fingerprint density at radius 1 is 1.53 bits per heavy atom. The van der Waals surface area contributed by atoms with E-state index in [4.69, 9.17) is 9.94 Å². The topological polar surface area (TPSA) is 66.2 Å². The maximum absolute atomic E-state index is 8.84. The van der Waals surface area contributed by atoms with Gasteiger partial charge in [-0.05, 0) is 31.9 Å². The molecule has 1 fully saturated rings. The number of piperidine rings is 1. The molecule has 0 radical (unpaired) electrons. The van der Waals surface area contributed by atoms with Gasteiger partial charge in [0.2, 0.25) is 0 Å². The highest BCUT2D eigenvalue weighted by molar-refractivity contribution is 7.99.